The number of nitrogens with zero attached hydrogens (tertiary/aromatic N) is 2. The predicted molar refractivity (Wildman–Crippen MR) is 109 cm³/mol. The Morgan fingerprint density at radius 1 is 0.767 bits per heavy atom. The molecule has 0 aliphatic rings. The fourth-order valence-corrected chi connectivity index (χ4v) is 3.68. The molecular formula is C23H20N2O5. The molecular weight excluding hydrogens is 384 g/mol. The first kappa shape index (κ1) is 19.8. The van der Waals surface area contributed by atoms with Gasteiger partial charge in [0.1, 0.15) is 13.2 Å². The fraction of sp³-hybridized carbons (Fsp3) is 0.174. The van der Waals surface area contributed by atoms with Crippen LogP contribution in [0.25, 0.3) is 22.3 Å². The highest BCUT2D eigenvalue weighted by atomic mass is 16.5. The van der Waals surface area contributed by atoms with E-state index in [0.29, 0.717) is 56.3 Å². The number of rotatable bonds is 6. The molecule has 7 nitrogen and oxygen atoms in total. The lowest BCUT2D eigenvalue weighted by atomic mass is 9.89. The molecule has 0 amide bonds. The molecule has 0 fully saturated rings. The summed E-state index contributed by atoms with van der Waals surface area (Å²) in [5.41, 5.74) is 4.55. The number of aromatic nitrogens is 2. The van der Waals surface area contributed by atoms with E-state index in [-0.39, 0.29) is 19.0 Å². The van der Waals surface area contributed by atoms with Crippen molar-refractivity contribution < 1.29 is 24.1 Å². The van der Waals surface area contributed by atoms with Crippen LogP contribution in [-0.2, 0) is 13.2 Å². The summed E-state index contributed by atoms with van der Waals surface area (Å²) < 4.78 is 10.4. The van der Waals surface area contributed by atoms with E-state index in [0.717, 1.165) is 0 Å². The van der Waals surface area contributed by atoms with Crippen molar-refractivity contribution in [2.45, 2.75) is 27.1 Å². The van der Waals surface area contributed by atoms with E-state index in [4.69, 9.17) is 9.05 Å². The first-order valence-corrected chi connectivity index (χ1v) is 9.42. The van der Waals surface area contributed by atoms with E-state index >= 15 is 0 Å². The molecule has 4 aromatic rings. The number of carbonyl (C=O) groups is 1. The van der Waals surface area contributed by atoms with Gasteiger partial charge in [-0.1, -0.05) is 58.8 Å². The molecule has 0 unspecified atom stereocenters. The lowest BCUT2D eigenvalue weighted by Gasteiger charge is -2.12. The Bertz CT molecular complexity index is 1130. The number of hydrogen-bond donors (Lipinski definition) is 2. The van der Waals surface area contributed by atoms with Crippen molar-refractivity contribution in [2.24, 2.45) is 0 Å². The molecule has 0 aliphatic heterocycles. The van der Waals surface area contributed by atoms with Crippen molar-refractivity contribution >= 4 is 5.78 Å². The molecule has 2 N–H and O–H groups in total. The van der Waals surface area contributed by atoms with Crippen LogP contribution in [0.5, 0.6) is 0 Å². The van der Waals surface area contributed by atoms with E-state index < -0.39 is 0 Å². The Morgan fingerprint density at radius 3 is 1.57 bits per heavy atom. The summed E-state index contributed by atoms with van der Waals surface area (Å²) in [5, 5.41) is 27.1. The van der Waals surface area contributed by atoms with Crippen LogP contribution in [0.4, 0.5) is 0 Å². The summed E-state index contributed by atoms with van der Waals surface area (Å²) in [5.74, 6) is 0.396. The zero-order chi connectivity index (χ0) is 21.3. The van der Waals surface area contributed by atoms with Gasteiger partial charge in [-0.15, -0.1) is 0 Å². The zero-order valence-corrected chi connectivity index (χ0v) is 16.5. The number of hydrogen-bond acceptors (Lipinski definition) is 7. The van der Waals surface area contributed by atoms with Crippen LogP contribution in [0.15, 0.2) is 57.6 Å². The molecule has 152 valence electrons. The summed E-state index contributed by atoms with van der Waals surface area (Å²) in [4.78, 5) is 13.7. The van der Waals surface area contributed by atoms with Gasteiger partial charge in [0.15, 0.2) is 17.3 Å². The molecule has 0 spiro atoms. The highest BCUT2D eigenvalue weighted by molar-refractivity contribution is 6.16. The first-order valence-electron chi connectivity index (χ1n) is 9.42. The minimum Gasteiger partial charge on any atom is -0.388 e. The molecule has 30 heavy (non-hydrogen) atoms. The molecule has 2 aromatic carbocycles. The minimum absolute atomic E-state index is 0.213. The van der Waals surface area contributed by atoms with E-state index in [2.05, 4.69) is 10.3 Å². The van der Waals surface area contributed by atoms with Crippen molar-refractivity contribution in [1.82, 2.24) is 10.3 Å². The Morgan fingerprint density at radius 2 is 1.17 bits per heavy atom. The molecule has 0 aliphatic carbocycles. The summed E-state index contributed by atoms with van der Waals surface area (Å²) >= 11 is 0. The van der Waals surface area contributed by atoms with E-state index in [1.165, 1.54) is 0 Å². The van der Waals surface area contributed by atoms with Crippen LogP contribution in [0, 0.1) is 13.8 Å². The van der Waals surface area contributed by atoms with E-state index in [9.17, 15) is 15.0 Å². The smallest absolute Gasteiger partial charge is 0.194 e. The zero-order valence-electron chi connectivity index (χ0n) is 16.5. The number of aliphatic hydroxyl groups is 2. The molecule has 0 saturated heterocycles. The Labute approximate surface area is 172 Å². The third-order valence-electron chi connectivity index (χ3n) is 5.04. The molecule has 0 atom stereocenters. The van der Waals surface area contributed by atoms with Crippen molar-refractivity contribution in [3.8, 4) is 22.3 Å². The first-order chi connectivity index (χ1) is 14.6. The van der Waals surface area contributed by atoms with Gasteiger partial charge < -0.3 is 19.3 Å². The molecule has 0 bridgehead atoms. The second-order valence-corrected chi connectivity index (χ2v) is 6.87. The maximum Gasteiger partial charge on any atom is 0.194 e. The van der Waals surface area contributed by atoms with Crippen LogP contribution < -0.4 is 0 Å². The van der Waals surface area contributed by atoms with Crippen LogP contribution in [-0.4, -0.2) is 26.3 Å². The van der Waals surface area contributed by atoms with Gasteiger partial charge in [-0.25, -0.2) is 0 Å². The largest absolute Gasteiger partial charge is 0.388 e. The fourth-order valence-electron chi connectivity index (χ4n) is 3.68. The summed E-state index contributed by atoms with van der Waals surface area (Å²) in [7, 11) is 0. The standard InChI is InChI=1S/C23H20N2O5/c1-13-21(19(11-26)29-24-13)15-7-3-5-9-17(15)23(28)18-10-6-4-8-16(18)22-14(2)25-30-20(22)12-27/h3-10,26-27H,11-12H2,1-2H3. The number of benzene rings is 2. The highest BCUT2D eigenvalue weighted by Crippen LogP contribution is 2.35. The van der Waals surface area contributed by atoms with Gasteiger partial charge in [-0.05, 0) is 25.0 Å². The highest BCUT2D eigenvalue weighted by Gasteiger charge is 2.25. The topological polar surface area (TPSA) is 110 Å². The molecule has 0 radical (unpaired) electrons. The summed E-state index contributed by atoms with van der Waals surface area (Å²) in [6.07, 6.45) is 0. The number of aliphatic hydroxyl groups excluding tert-OH is 2. The van der Waals surface area contributed by atoms with Crippen LogP contribution >= 0.6 is 0 Å². The number of carbonyl (C=O) groups excluding carboxylic acids is 1. The number of aryl methyl sites for hydroxylation is 2. The van der Waals surface area contributed by atoms with Crippen LogP contribution in [0.1, 0.15) is 38.8 Å². The Balaban J connectivity index is 1.90. The lowest BCUT2D eigenvalue weighted by molar-refractivity contribution is 0.104. The van der Waals surface area contributed by atoms with Crippen LogP contribution in [0.2, 0.25) is 0 Å². The lowest BCUT2D eigenvalue weighted by Crippen LogP contribution is -2.07. The average Bonchev–Trinajstić information content (AvgIpc) is 3.34. The normalized spacial score (nSPS) is 11.1. The summed E-state index contributed by atoms with van der Waals surface area (Å²) in [6, 6.07) is 14.3. The molecule has 4 rings (SSSR count). The Hall–Kier alpha value is -3.55. The summed E-state index contributed by atoms with van der Waals surface area (Å²) in [6.45, 7) is 2.88. The van der Waals surface area contributed by atoms with Crippen molar-refractivity contribution in [3.63, 3.8) is 0 Å². The predicted octanol–water partition coefficient (Wildman–Crippen LogP) is 3.83. The SMILES string of the molecule is Cc1noc(CO)c1-c1ccccc1C(=O)c1ccccc1-c1c(C)noc1CO. The second kappa shape index (κ2) is 8.06. The minimum atomic E-state index is -0.324. The quantitative estimate of drug-likeness (QED) is 0.470. The molecule has 2 heterocycles. The van der Waals surface area contributed by atoms with Gasteiger partial charge in [-0.3, -0.25) is 4.79 Å². The van der Waals surface area contributed by atoms with Crippen molar-refractivity contribution in [1.29, 1.82) is 0 Å². The third-order valence-corrected chi connectivity index (χ3v) is 5.04. The monoisotopic (exact) mass is 404 g/mol. The van der Waals surface area contributed by atoms with Gasteiger partial charge in [0, 0.05) is 11.1 Å². The van der Waals surface area contributed by atoms with Crippen molar-refractivity contribution in [2.75, 3.05) is 0 Å². The maximum atomic E-state index is 13.7. The third kappa shape index (κ3) is 3.24. The second-order valence-electron chi connectivity index (χ2n) is 6.87. The van der Waals surface area contributed by atoms with Crippen molar-refractivity contribution in [3.05, 3.63) is 82.6 Å². The maximum absolute atomic E-state index is 13.7. The molecule has 0 saturated carbocycles. The van der Waals surface area contributed by atoms with Gasteiger partial charge in [0.2, 0.25) is 0 Å². The van der Waals surface area contributed by atoms with Crippen LogP contribution in [0.3, 0.4) is 0 Å². The van der Waals surface area contributed by atoms with Gasteiger partial charge in [-0.2, -0.15) is 0 Å². The average molecular weight is 404 g/mol. The van der Waals surface area contributed by atoms with Gasteiger partial charge in [0.25, 0.3) is 0 Å². The Kier molecular flexibility index (Phi) is 5.31. The van der Waals surface area contributed by atoms with Gasteiger partial charge >= 0.3 is 0 Å². The number of ketones is 1. The van der Waals surface area contributed by atoms with E-state index in [1.54, 1.807) is 50.2 Å². The van der Waals surface area contributed by atoms with E-state index in [1.807, 2.05) is 12.1 Å². The molecule has 2 aromatic heterocycles. The van der Waals surface area contributed by atoms with Gasteiger partial charge in [0.05, 0.1) is 22.5 Å². The molecule has 7 heteroatoms.